The molecule has 3 rings (SSSR count). The molecule has 0 radical (unpaired) electrons. The van der Waals surface area contributed by atoms with Crippen molar-refractivity contribution in [1.82, 2.24) is 15.2 Å². The van der Waals surface area contributed by atoms with E-state index in [1.165, 1.54) is 0 Å². The van der Waals surface area contributed by atoms with E-state index in [4.69, 9.17) is 9.47 Å². The number of nitrogens with zero attached hydrogens (tertiary/aromatic N) is 1. The number of ether oxygens (including phenoxy) is 2. The Hall–Kier alpha value is -1.86. The van der Waals surface area contributed by atoms with E-state index in [2.05, 4.69) is 29.0 Å². The lowest BCUT2D eigenvalue weighted by atomic mass is 10.0. The molecule has 150 valence electrons. The molecule has 2 aliphatic rings. The highest BCUT2D eigenvalue weighted by Crippen LogP contribution is 2.26. The topological polar surface area (TPSA) is 83.7 Å². The largest absolute Gasteiger partial charge is 0.461 e. The van der Waals surface area contributed by atoms with Crippen molar-refractivity contribution in [2.45, 2.75) is 59.2 Å². The molecule has 7 nitrogen and oxygen atoms in total. The van der Waals surface area contributed by atoms with Crippen molar-refractivity contribution in [1.29, 1.82) is 0 Å². The van der Waals surface area contributed by atoms with Crippen LogP contribution in [0.3, 0.4) is 0 Å². The van der Waals surface area contributed by atoms with Crippen LogP contribution in [0.25, 0.3) is 0 Å². The van der Waals surface area contributed by atoms with Gasteiger partial charge in [0.15, 0.2) is 0 Å². The van der Waals surface area contributed by atoms with Crippen LogP contribution in [0.1, 0.15) is 59.3 Å². The lowest BCUT2D eigenvalue weighted by Gasteiger charge is -2.36. The molecular weight excluding hydrogens is 346 g/mol. The van der Waals surface area contributed by atoms with Gasteiger partial charge in [-0.2, -0.15) is 0 Å². The number of morpholine rings is 1. The molecule has 1 amide bonds. The molecule has 2 fully saturated rings. The van der Waals surface area contributed by atoms with Crippen LogP contribution in [0.5, 0.6) is 0 Å². The molecule has 3 heterocycles. The van der Waals surface area contributed by atoms with E-state index in [0.717, 1.165) is 26.1 Å². The zero-order valence-corrected chi connectivity index (χ0v) is 16.9. The predicted molar refractivity (Wildman–Crippen MR) is 102 cm³/mol. The minimum Gasteiger partial charge on any atom is -0.461 e. The molecule has 0 bridgehead atoms. The molecule has 0 aliphatic carbocycles. The van der Waals surface area contributed by atoms with E-state index in [1.807, 2.05) is 6.92 Å². The van der Waals surface area contributed by atoms with Gasteiger partial charge in [0.05, 0.1) is 24.9 Å². The Bertz CT molecular complexity index is 712. The maximum Gasteiger partial charge on any atom is 0.355 e. The number of aryl methyl sites for hydroxylation is 1. The van der Waals surface area contributed by atoms with Crippen LogP contribution in [-0.2, 0) is 9.47 Å². The van der Waals surface area contributed by atoms with Gasteiger partial charge >= 0.3 is 5.97 Å². The molecule has 0 spiro atoms. The molecule has 27 heavy (non-hydrogen) atoms. The smallest absolute Gasteiger partial charge is 0.355 e. The summed E-state index contributed by atoms with van der Waals surface area (Å²) in [5.41, 5.74) is 2.23. The minimum atomic E-state index is -0.424. The average molecular weight is 377 g/mol. The van der Waals surface area contributed by atoms with Crippen molar-refractivity contribution in [3.8, 4) is 0 Å². The van der Waals surface area contributed by atoms with E-state index in [0.29, 0.717) is 41.1 Å². The Kier molecular flexibility index (Phi) is 5.91. The summed E-state index contributed by atoms with van der Waals surface area (Å²) in [5, 5.41) is 3.15. The summed E-state index contributed by atoms with van der Waals surface area (Å²) in [6.45, 7) is 12.5. The van der Waals surface area contributed by atoms with Crippen molar-refractivity contribution in [3.05, 3.63) is 22.5 Å². The lowest BCUT2D eigenvalue weighted by molar-refractivity contribution is -0.0683. The molecule has 2 saturated heterocycles. The number of aromatic amines is 1. The summed E-state index contributed by atoms with van der Waals surface area (Å²) in [6.07, 6.45) is 1.15. The molecule has 7 heteroatoms. The molecule has 0 unspecified atom stereocenters. The predicted octanol–water partition coefficient (Wildman–Crippen LogP) is 2.04. The second-order valence-corrected chi connectivity index (χ2v) is 7.98. The molecule has 2 N–H and O–H groups in total. The van der Waals surface area contributed by atoms with Gasteiger partial charge in [-0.15, -0.1) is 0 Å². The van der Waals surface area contributed by atoms with Crippen molar-refractivity contribution in [3.63, 3.8) is 0 Å². The van der Waals surface area contributed by atoms with Crippen molar-refractivity contribution in [2.75, 3.05) is 26.3 Å². The average Bonchev–Trinajstić information content (AvgIpc) is 3.13. The van der Waals surface area contributed by atoms with E-state index < -0.39 is 5.97 Å². The minimum absolute atomic E-state index is 0.0942. The number of nitrogens with one attached hydrogen (secondary N) is 2. The van der Waals surface area contributed by atoms with Gasteiger partial charge in [-0.25, -0.2) is 4.79 Å². The summed E-state index contributed by atoms with van der Waals surface area (Å²) in [6, 6.07) is 0.463. The van der Waals surface area contributed by atoms with Gasteiger partial charge in [0.2, 0.25) is 0 Å². The fraction of sp³-hybridized carbons (Fsp3) is 0.700. The Morgan fingerprint density at radius 2 is 2.07 bits per heavy atom. The molecule has 0 saturated carbocycles. The van der Waals surface area contributed by atoms with E-state index in [1.54, 1.807) is 13.8 Å². The number of carbonyl (C=O) groups excluding carboxylic acids is 2. The van der Waals surface area contributed by atoms with Gasteiger partial charge in [-0.3, -0.25) is 9.69 Å². The normalized spacial score (nSPS) is 25.5. The van der Waals surface area contributed by atoms with Crippen molar-refractivity contribution in [2.24, 2.45) is 5.92 Å². The van der Waals surface area contributed by atoms with Crippen LogP contribution in [0.15, 0.2) is 0 Å². The number of rotatable bonds is 5. The number of hydrogen-bond donors (Lipinski definition) is 2. The molecule has 1 aromatic heterocycles. The first-order chi connectivity index (χ1) is 12.8. The fourth-order valence-electron chi connectivity index (χ4n) is 4.16. The zero-order valence-electron chi connectivity index (χ0n) is 16.9. The summed E-state index contributed by atoms with van der Waals surface area (Å²) in [5.74, 6) is -0.0685. The number of hydrogen-bond acceptors (Lipinski definition) is 5. The summed E-state index contributed by atoms with van der Waals surface area (Å²) < 4.78 is 11.0. The Morgan fingerprint density at radius 3 is 2.74 bits per heavy atom. The van der Waals surface area contributed by atoms with Crippen LogP contribution in [0, 0.1) is 19.8 Å². The molecule has 3 atom stereocenters. The lowest BCUT2D eigenvalue weighted by Crippen LogP contribution is -2.48. The van der Waals surface area contributed by atoms with Crippen LogP contribution < -0.4 is 5.32 Å². The second-order valence-electron chi connectivity index (χ2n) is 7.98. The number of H-pyrrole nitrogens is 1. The molecule has 1 aromatic rings. The second kappa shape index (κ2) is 8.02. The monoisotopic (exact) mass is 377 g/mol. The number of fused-ring (bicyclic) bond motifs is 1. The highest BCUT2D eigenvalue weighted by atomic mass is 16.5. The number of aromatic nitrogens is 1. The van der Waals surface area contributed by atoms with Crippen LogP contribution in [0.4, 0.5) is 0 Å². The third-order valence-corrected chi connectivity index (χ3v) is 5.67. The van der Waals surface area contributed by atoms with Gasteiger partial charge in [-0.1, -0.05) is 13.8 Å². The van der Waals surface area contributed by atoms with Crippen LogP contribution >= 0.6 is 0 Å². The SMILES string of the molecule is CCOC(=O)c1[nH]c(C)c(C(=O)N[C@H]2C[C@H]3CO[C@@H](C(C)C)CN3C2)c1C. The van der Waals surface area contributed by atoms with Gasteiger partial charge in [0, 0.05) is 30.9 Å². The van der Waals surface area contributed by atoms with E-state index in [9.17, 15) is 9.59 Å². The first-order valence-electron chi connectivity index (χ1n) is 9.84. The number of amides is 1. The summed E-state index contributed by atoms with van der Waals surface area (Å²) >= 11 is 0. The maximum atomic E-state index is 12.9. The zero-order chi connectivity index (χ0) is 19.7. The highest BCUT2D eigenvalue weighted by Gasteiger charge is 2.39. The van der Waals surface area contributed by atoms with Crippen molar-refractivity contribution >= 4 is 11.9 Å². The fourth-order valence-corrected chi connectivity index (χ4v) is 4.16. The Morgan fingerprint density at radius 1 is 1.33 bits per heavy atom. The van der Waals surface area contributed by atoms with E-state index in [-0.39, 0.29) is 18.1 Å². The van der Waals surface area contributed by atoms with Gasteiger partial charge in [-0.05, 0) is 38.7 Å². The number of carbonyl (C=O) groups is 2. The van der Waals surface area contributed by atoms with Crippen molar-refractivity contribution < 1.29 is 19.1 Å². The third kappa shape index (κ3) is 4.04. The maximum absolute atomic E-state index is 12.9. The number of esters is 1. The first-order valence-corrected chi connectivity index (χ1v) is 9.84. The van der Waals surface area contributed by atoms with Gasteiger partial charge in [0.1, 0.15) is 5.69 Å². The molecule has 2 aliphatic heterocycles. The standard InChI is InChI=1S/C20H31N3O4/c1-6-26-20(25)18-12(4)17(13(5)21-18)19(24)22-14-7-15-10-27-16(11(2)3)9-23(15)8-14/h11,14-16,21H,6-10H2,1-5H3,(H,22,24)/t14-,15-,16+/m0/s1. The van der Waals surface area contributed by atoms with Gasteiger partial charge < -0.3 is 19.8 Å². The quantitative estimate of drug-likeness (QED) is 0.767. The molecule has 0 aromatic carbocycles. The van der Waals surface area contributed by atoms with Crippen LogP contribution in [0.2, 0.25) is 0 Å². The Labute approximate surface area is 160 Å². The summed E-state index contributed by atoms with van der Waals surface area (Å²) in [7, 11) is 0. The van der Waals surface area contributed by atoms with E-state index >= 15 is 0 Å². The highest BCUT2D eigenvalue weighted by molar-refractivity contribution is 6.01. The molecular formula is C20H31N3O4. The first kappa shape index (κ1) is 19.9. The summed E-state index contributed by atoms with van der Waals surface area (Å²) in [4.78, 5) is 30.4. The third-order valence-electron chi connectivity index (χ3n) is 5.67. The van der Waals surface area contributed by atoms with Crippen LogP contribution in [-0.4, -0.2) is 66.3 Å². The Balaban J connectivity index is 1.66. The van der Waals surface area contributed by atoms with Gasteiger partial charge in [0.25, 0.3) is 5.91 Å².